The molecule has 5 rings (SSSR count). The van der Waals surface area contributed by atoms with Crippen LogP contribution in [0.1, 0.15) is 57.4 Å². The van der Waals surface area contributed by atoms with E-state index in [1.54, 1.807) is 23.5 Å². The van der Waals surface area contributed by atoms with E-state index in [1.807, 2.05) is 0 Å². The van der Waals surface area contributed by atoms with Gasteiger partial charge in [-0.15, -0.1) is 11.3 Å². The van der Waals surface area contributed by atoms with Crippen LogP contribution in [0.15, 0.2) is 47.1 Å². The first kappa shape index (κ1) is 23.1. The van der Waals surface area contributed by atoms with Gasteiger partial charge in [0.1, 0.15) is 5.00 Å². The highest BCUT2D eigenvalue weighted by atomic mass is 32.1. The number of anilines is 2. The van der Waals surface area contributed by atoms with Gasteiger partial charge in [-0.1, -0.05) is 18.6 Å². The number of benzene rings is 1. The number of piperidine rings is 1. The Kier molecular flexibility index (Phi) is 7.04. The number of carbonyl (C=O) groups is 1. The first-order chi connectivity index (χ1) is 16.6. The maximum Gasteiger partial charge on any atom is 0.291 e. The summed E-state index contributed by atoms with van der Waals surface area (Å²) in [5, 5.41) is 4.08. The van der Waals surface area contributed by atoms with Crippen LogP contribution in [0.4, 0.5) is 10.7 Å². The summed E-state index contributed by atoms with van der Waals surface area (Å²) in [7, 11) is 0. The second kappa shape index (κ2) is 10.3. The number of rotatable bonds is 6. The predicted molar refractivity (Wildman–Crippen MR) is 137 cm³/mol. The number of ether oxygens (including phenoxy) is 1. The Labute approximate surface area is 205 Å². The Morgan fingerprint density at radius 3 is 2.41 bits per heavy atom. The van der Waals surface area contributed by atoms with Gasteiger partial charge in [0, 0.05) is 29.2 Å². The lowest BCUT2D eigenvalue weighted by atomic mass is 9.93. The Balaban J connectivity index is 1.50. The molecule has 180 valence electrons. The van der Waals surface area contributed by atoms with Crippen LogP contribution in [-0.2, 0) is 4.74 Å². The van der Waals surface area contributed by atoms with Gasteiger partial charge in [-0.2, -0.15) is 0 Å². The monoisotopic (exact) mass is 479 g/mol. The summed E-state index contributed by atoms with van der Waals surface area (Å²) >= 11 is 1.66. The summed E-state index contributed by atoms with van der Waals surface area (Å²) in [4.78, 5) is 19.1. The number of amides is 1. The zero-order chi connectivity index (χ0) is 23.5. The average molecular weight is 480 g/mol. The van der Waals surface area contributed by atoms with E-state index < -0.39 is 0 Å². The van der Waals surface area contributed by atoms with Gasteiger partial charge in [-0.25, -0.2) is 0 Å². The van der Waals surface area contributed by atoms with Crippen LogP contribution in [0.3, 0.4) is 0 Å². The fraction of sp³-hybridized carbons (Fsp3) is 0.444. The fourth-order valence-corrected chi connectivity index (χ4v) is 6.15. The van der Waals surface area contributed by atoms with Crippen LogP contribution >= 0.6 is 11.3 Å². The molecule has 0 unspecified atom stereocenters. The maximum absolute atomic E-state index is 12.9. The first-order valence-electron chi connectivity index (χ1n) is 12.2. The summed E-state index contributed by atoms with van der Waals surface area (Å²) in [6.07, 6.45) is 5.23. The van der Waals surface area contributed by atoms with Crippen LogP contribution in [0.2, 0.25) is 0 Å². The SMILES string of the molecule is Cc1sc(NC(=O)c2ccco2)c([C@@H](c2ccc(N3CCOCC3)cc2)N2CCCCC2)c1C. The molecule has 1 atom stereocenters. The number of likely N-dealkylation sites (tertiary alicyclic amines) is 1. The number of hydrogen-bond acceptors (Lipinski definition) is 6. The number of furan rings is 1. The third-order valence-corrected chi connectivity index (χ3v) is 8.16. The Morgan fingerprint density at radius 1 is 1.00 bits per heavy atom. The largest absolute Gasteiger partial charge is 0.459 e. The lowest BCUT2D eigenvalue weighted by Crippen LogP contribution is -2.36. The van der Waals surface area contributed by atoms with Crippen LogP contribution in [0.5, 0.6) is 0 Å². The normalized spacial score (nSPS) is 18.1. The minimum absolute atomic E-state index is 0.107. The predicted octanol–water partition coefficient (Wildman–Crippen LogP) is 5.62. The number of hydrogen-bond donors (Lipinski definition) is 1. The summed E-state index contributed by atoms with van der Waals surface area (Å²) in [5.41, 5.74) is 4.98. The smallest absolute Gasteiger partial charge is 0.291 e. The molecule has 0 aliphatic carbocycles. The standard InChI is InChI=1S/C27H33N3O3S/c1-19-20(2)34-27(28-26(31)23-7-6-16-33-23)24(19)25(30-12-4-3-5-13-30)21-8-10-22(11-9-21)29-14-17-32-18-15-29/h6-11,16,25H,3-5,12-15,17-18H2,1-2H3,(H,28,31)/t25-/m1/s1. The van der Waals surface area contributed by atoms with E-state index in [9.17, 15) is 4.79 Å². The Bertz CT molecular complexity index is 1100. The van der Waals surface area contributed by atoms with Crippen molar-refractivity contribution in [1.82, 2.24) is 4.90 Å². The molecule has 3 aromatic rings. The minimum atomic E-state index is -0.201. The number of aryl methyl sites for hydroxylation is 1. The molecular weight excluding hydrogens is 446 g/mol. The van der Waals surface area contributed by atoms with Crippen molar-refractivity contribution in [1.29, 1.82) is 0 Å². The van der Waals surface area contributed by atoms with Crippen molar-refractivity contribution in [2.24, 2.45) is 0 Å². The van der Waals surface area contributed by atoms with Crippen molar-refractivity contribution < 1.29 is 13.9 Å². The van der Waals surface area contributed by atoms with E-state index in [4.69, 9.17) is 9.15 Å². The lowest BCUT2D eigenvalue weighted by Gasteiger charge is -2.36. The average Bonchev–Trinajstić information content (AvgIpc) is 3.51. The molecule has 2 saturated heterocycles. The van der Waals surface area contributed by atoms with Gasteiger partial charge < -0.3 is 19.4 Å². The number of nitrogens with one attached hydrogen (secondary N) is 1. The quantitative estimate of drug-likeness (QED) is 0.497. The molecule has 0 bridgehead atoms. The summed E-state index contributed by atoms with van der Waals surface area (Å²) in [5.74, 6) is 0.131. The first-order valence-corrected chi connectivity index (χ1v) is 13.0. The summed E-state index contributed by atoms with van der Waals surface area (Å²) in [6.45, 7) is 9.88. The highest BCUT2D eigenvalue weighted by molar-refractivity contribution is 7.16. The molecule has 34 heavy (non-hydrogen) atoms. The van der Waals surface area contributed by atoms with E-state index in [-0.39, 0.29) is 11.9 Å². The van der Waals surface area contributed by atoms with Crippen molar-refractivity contribution in [3.05, 3.63) is 70.0 Å². The molecule has 1 N–H and O–H groups in total. The van der Waals surface area contributed by atoms with E-state index in [0.717, 1.165) is 44.4 Å². The molecule has 0 saturated carbocycles. The van der Waals surface area contributed by atoms with Gasteiger partial charge in [0.25, 0.3) is 5.91 Å². The molecule has 4 heterocycles. The van der Waals surface area contributed by atoms with Crippen molar-refractivity contribution in [3.63, 3.8) is 0 Å². The third kappa shape index (κ3) is 4.78. The van der Waals surface area contributed by atoms with Gasteiger partial charge in [0.2, 0.25) is 0 Å². The maximum atomic E-state index is 12.9. The summed E-state index contributed by atoms with van der Waals surface area (Å²) < 4.78 is 10.9. The number of morpholine rings is 1. The molecule has 7 heteroatoms. The van der Waals surface area contributed by atoms with Crippen molar-refractivity contribution in [2.45, 2.75) is 39.2 Å². The fourth-order valence-electron chi connectivity index (χ4n) is 5.06. The van der Waals surface area contributed by atoms with E-state index >= 15 is 0 Å². The Morgan fingerprint density at radius 2 is 1.74 bits per heavy atom. The van der Waals surface area contributed by atoms with Gasteiger partial charge in [0.05, 0.1) is 25.5 Å². The van der Waals surface area contributed by atoms with E-state index in [1.165, 1.54) is 52.8 Å². The van der Waals surface area contributed by atoms with E-state index in [0.29, 0.717) is 5.76 Å². The number of nitrogens with zero attached hydrogens (tertiary/aromatic N) is 2. The van der Waals surface area contributed by atoms with Crippen LogP contribution in [0.25, 0.3) is 0 Å². The molecule has 2 aromatic heterocycles. The molecule has 6 nitrogen and oxygen atoms in total. The molecule has 0 radical (unpaired) electrons. The third-order valence-electron chi connectivity index (χ3n) is 7.02. The van der Waals surface area contributed by atoms with Crippen molar-refractivity contribution in [2.75, 3.05) is 49.6 Å². The second-order valence-electron chi connectivity index (χ2n) is 9.15. The number of carbonyl (C=O) groups excluding carboxylic acids is 1. The van der Waals surface area contributed by atoms with E-state index in [2.05, 4.69) is 53.2 Å². The highest BCUT2D eigenvalue weighted by Crippen LogP contribution is 2.43. The van der Waals surface area contributed by atoms with Crippen LogP contribution in [0, 0.1) is 13.8 Å². The van der Waals surface area contributed by atoms with Crippen LogP contribution in [-0.4, -0.2) is 50.2 Å². The molecule has 2 fully saturated rings. The highest BCUT2D eigenvalue weighted by Gasteiger charge is 2.30. The molecule has 0 spiro atoms. The number of thiophene rings is 1. The molecule has 2 aliphatic rings. The lowest BCUT2D eigenvalue weighted by molar-refractivity contribution is 0.0996. The molecular formula is C27H33N3O3S. The molecule has 2 aliphatic heterocycles. The Hall–Kier alpha value is -2.61. The zero-order valence-electron chi connectivity index (χ0n) is 20.0. The minimum Gasteiger partial charge on any atom is -0.459 e. The van der Waals surface area contributed by atoms with Gasteiger partial charge >= 0.3 is 0 Å². The topological polar surface area (TPSA) is 58.0 Å². The van der Waals surface area contributed by atoms with Gasteiger partial charge in [0.15, 0.2) is 5.76 Å². The van der Waals surface area contributed by atoms with Crippen LogP contribution < -0.4 is 10.2 Å². The molecule has 1 amide bonds. The van der Waals surface area contributed by atoms with Crippen molar-refractivity contribution in [3.8, 4) is 0 Å². The zero-order valence-corrected chi connectivity index (χ0v) is 20.8. The molecule has 1 aromatic carbocycles. The second-order valence-corrected chi connectivity index (χ2v) is 10.4. The van der Waals surface area contributed by atoms with Crippen molar-refractivity contribution >= 4 is 27.9 Å². The van der Waals surface area contributed by atoms with Gasteiger partial charge in [-0.3, -0.25) is 9.69 Å². The van der Waals surface area contributed by atoms with Gasteiger partial charge in [-0.05, 0) is 75.2 Å². The summed E-state index contributed by atoms with van der Waals surface area (Å²) in [6, 6.07) is 12.6.